The molecule has 8 heavy (non-hydrogen) atoms. The molecule has 0 saturated heterocycles. The third kappa shape index (κ3) is 1.12. The van der Waals surface area contributed by atoms with Crippen molar-refractivity contribution in [2.24, 2.45) is 0 Å². The second-order valence-electron chi connectivity index (χ2n) is 1.92. The summed E-state index contributed by atoms with van der Waals surface area (Å²) >= 11 is 0. The van der Waals surface area contributed by atoms with E-state index < -0.39 is 0 Å². The fraction of sp³-hybridized carbons (Fsp3) is 0.286. The Labute approximate surface area is 49.7 Å². The molecular formula is C7H9O. The fourth-order valence-electron chi connectivity index (χ4n) is 0.651. The van der Waals surface area contributed by atoms with Crippen molar-refractivity contribution in [2.45, 2.75) is 13.8 Å². The van der Waals surface area contributed by atoms with Crippen molar-refractivity contribution in [1.82, 2.24) is 0 Å². The third-order valence-corrected chi connectivity index (χ3v) is 1.02. The van der Waals surface area contributed by atoms with Gasteiger partial charge in [-0.15, -0.1) is 0 Å². The van der Waals surface area contributed by atoms with E-state index in [-0.39, 0.29) is 0 Å². The van der Waals surface area contributed by atoms with Gasteiger partial charge in [-0.05, 0) is 31.6 Å². The van der Waals surface area contributed by atoms with Crippen LogP contribution in [0.15, 0.2) is 23.5 Å². The second-order valence-corrected chi connectivity index (χ2v) is 1.92. The molecule has 0 aromatic heterocycles. The first kappa shape index (κ1) is 5.42. The highest BCUT2D eigenvalue weighted by Gasteiger charge is 1.95. The van der Waals surface area contributed by atoms with Gasteiger partial charge in [-0.3, -0.25) is 0 Å². The maximum atomic E-state index is 5.01. The molecule has 0 fully saturated rings. The lowest BCUT2D eigenvalue weighted by molar-refractivity contribution is 0.307. The Kier molecular flexibility index (Phi) is 1.38. The van der Waals surface area contributed by atoms with Gasteiger partial charge in [0.15, 0.2) is 6.61 Å². The summed E-state index contributed by atoms with van der Waals surface area (Å²) in [5.74, 6) is 0.963. The van der Waals surface area contributed by atoms with E-state index in [0.29, 0.717) is 0 Å². The van der Waals surface area contributed by atoms with Gasteiger partial charge in [0.25, 0.3) is 0 Å². The first-order chi connectivity index (χ1) is 3.79. The SMILES string of the molecule is CC1=C[CH]OC(C)=C1. The van der Waals surface area contributed by atoms with Gasteiger partial charge in [-0.1, -0.05) is 0 Å². The maximum Gasteiger partial charge on any atom is 0.157 e. The van der Waals surface area contributed by atoms with Crippen molar-refractivity contribution in [3.05, 3.63) is 30.1 Å². The van der Waals surface area contributed by atoms with E-state index in [1.54, 1.807) is 6.61 Å². The van der Waals surface area contributed by atoms with Gasteiger partial charge in [0, 0.05) is 0 Å². The standard InChI is InChI=1S/C7H9O/c1-6-3-4-8-7(2)5-6/h3-5H,1-2H3. The van der Waals surface area contributed by atoms with E-state index in [1.165, 1.54) is 5.57 Å². The van der Waals surface area contributed by atoms with Crippen LogP contribution in [0, 0.1) is 6.61 Å². The average molecular weight is 109 g/mol. The summed E-state index contributed by atoms with van der Waals surface area (Å²) in [6, 6.07) is 0. The largest absolute Gasteiger partial charge is 0.487 e. The van der Waals surface area contributed by atoms with Crippen molar-refractivity contribution < 1.29 is 4.74 Å². The minimum Gasteiger partial charge on any atom is -0.487 e. The molecule has 0 atom stereocenters. The maximum absolute atomic E-state index is 5.01. The molecule has 0 spiro atoms. The average Bonchev–Trinajstić information content (AvgIpc) is 1.64. The molecule has 1 heterocycles. The summed E-state index contributed by atoms with van der Waals surface area (Å²) in [5, 5.41) is 0. The molecule has 0 bridgehead atoms. The quantitative estimate of drug-likeness (QED) is 0.462. The number of allylic oxidation sites excluding steroid dienone is 3. The van der Waals surface area contributed by atoms with Crippen LogP contribution in [0.4, 0.5) is 0 Å². The normalized spacial score (nSPS) is 18.8. The topological polar surface area (TPSA) is 9.23 Å². The first-order valence-corrected chi connectivity index (χ1v) is 2.64. The van der Waals surface area contributed by atoms with E-state index >= 15 is 0 Å². The molecule has 1 rings (SSSR count). The van der Waals surface area contributed by atoms with Gasteiger partial charge in [0.2, 0.25) is 0 Å². The van der Waals surface area contributed by atoms with Crippen LogP contribution < -0.4 is 0 Å². The summed E-state index contributed by atoms with van der Waals surface area (Å²) in [7, 11) is 0. The Balaban J connectivity index is 2.69. The molecule has 0 N–H and O–H groups in total. The molecule has 1 heteroatoms. The minimum absolute atomic E-state index is 0.963. The summed E-state index contributed by atoms with van der Waals surface area (Å²) in [6.45, 7) is 5.68. The van der Waals surface area contributed by atoms with Gasteiger partial charge in [-0.25, -0.2) is 0 Å². The van der Waals surface area contributed by atoms with E-state index in [0.717, 1.165) is 5.76 Å². The van der Waals surface area contributed by atoms with Crippen LogP contribution in [0.2, 0.25) is 0 Å². The zero-order valence-corrected chi connectivity index (χ0v) is 5.14. The van der Waals surface area contributed by atoms with Crippen LogP contribution in [-0.4, -0.2) is 0 Å². The molecule has 0 aromatic carbocycles. The number of rotatable bonds is 0. The molecule has 43 valence electrons. The number of hydrogen-bond donors (Lipinski definition) is 0. The summed E-state index contributed by atoms with van der Waals surface area (Å²) in [4.78, 5) is 0. The minimum atomic E-state index is 0.963. The fourth-order valence-corrected chi connectivity index (χ4v) is 0.651. The molecule has 1 aliphatic rings. The van der Waals surface area contributed by atoms with Crippen LogP contribution in [0.1, 0.15) is 13.8 Å². The van der Waals surface area contributed by atoms with Crippen LogP contribution >= 0.6 is 0 Å². The van der Waals surface area contributed by atoms with Gasteiger partial charge in [0.1, 0.15) is 0 Å². The van der Waals surface area contributed by atoms with Crippen molar-refractivity contribution in [3.63, 3.8) is 0 Å². The molecule has 0 amide bonds. The Bertz CT molecular complexity index is 142. The lowest BCUT2D eigenvalue weighted by Gasteiger charge is -2.07. The highest BCUT2D eigenvalue weighted by molar-refractivity contribution is 5.23. The first-order valence-electron chi connectivity index (χ1n) is 2.64. The van der Waals surface area contributed by atoms with Gasteiger partial charge in [0.05, 0.1) is 5.76 Å². The molecule has 1 aliphatic heterocycles. The lowest BCUT2D eigenvalue weighted by Crippen LogP contribution is -1.89. The predicted molar refractivity (Wildman–Crippen MR) is 32.9 cm³/mol. The lowest BCUT2D eigenvalue weighted by atomic mass is 10.2. The predicted octanol–water partition coefficient (Wildman–Crippen LogP) is 2.03. The van der Waals surface area contributed by atoms with Gasteiger partial charge >= 0.3 is 0 Å². The van der Waals surface area contributed by atoms with Crippen LogP contribution in [0.3, 0.4) is 0 Å². The Morgan fingerprint density at radius 2 is 2.12 bits per heavy atom. The van der Waals surface area contributed by atoms with Crippen LogP contribution in [0.25, 0.3) is 0 Å². The molecule has 0 aromatic rings. The Hall–Kier alpha value is -0.720. The zero-order valence-electron chi connectivity index (χ0n) is 5.14. The summed E-state index contributed by atoms with van der Waals surface area (Å²) < 4.78 is 5.01. The molecule has 0 unspecified atom stereocenters. The number of ether oxygens (including phenoxy) is 1. The Morgan fingerprint density at radius 1 is 1.38 bits per heavy atom. The van der Waals surface area contributed by atoms with E-state index in [4.69, 9.17) is 4.74 Å². The summed E-state index contributed by atoms with van der Waals surface area (Å²) in [5.41, 5.74) is 1.24. The monoisotopic (exact) mass is 109 g/mol. The molecule has 0 aliphatic carbocycles. The molecule has 0 saturated carbocycles. The van der Waals surface area contributed by atoms with Crippen LogP contribution in [0.5, 0.6) is 0 Å². The van der Waals surface area contributed by atoms with Crippen molar-refractivity contribution in [3.8, 4) is 0 Å². The van der Waals surface area contributed by atoms with Gasteiger partial charge < -0.3 is 4.74 Å². The summed E-state index contributed by atoms with van der Waals surface area (Å²) in [6.07, 6.45) is 3.94. The Morgan fingerprint density at radius 3 is 2.50 bits per heavy atom. The highest BCUT2D eigenvalue weighted by Crippen LogP contribution is 2.10. The molecular weight excluding hydrogens is 100 g/mol. The van der Waals surface area contributed by atoms with Crippen LogP contribution in [-0.2, 0) is 4.74 Å². The van der Waals surface area contributed by atoms with Crippen molar-refractivity contribution in [1.29, 1.82) is 0 Å². The smallest absolute Gasteiger partial charge is 0.157 e. The zero-order chi connectivity index (χ0) is 5.98. The van der Waals surface area contributed by atoms with Crippen molar-refractivity contribution in [2.75, 3.05) is 0 Å². The molecule has 1 radical (unpaired) electrons. The van der Waals surface area contributed by atoms with Crippen molar-refractivity contribution >= 4 is 0 Å². The number of hydrogen-bond acceptors (Lipinski definition) is 1. The van der Waals surface area contributed by atoms with E-state index in [2.05, 4.69) is 0 Å². The highest BCUT2D eigenvalue weighted by atomic mass is 16.5. The van der Waals surface area contributed by atoms with Gasteiger partial charge in [-0.2, -0.15) is 0 Å². The third-order valence-electron chi connectivity index (χ3n) is 1.02. The molecule has 1 nitrogen and oxygen atoms in total. The van der Waals surface area contributed by atoms with E-state index in [9.17, 15) is 0 Å². The second kappa shape index (κ2) is 2.03. The van der Waals surface area contributed by atoms with E-state index in [1.807, 2.05) is 26.0 Å².